The summed E-state index contributed by atoms with van der Waals surface area (Å²) < 4.78 is 1.70. The monoisotopic (exact) mass is 333 g/mol. The Bertz CT molecular complexity index is 848. The molecule has 0 aliphatic carbocycles. The largest absolute Gasteiger partial charge is 0.324 e. The minimum Gasteiger partial charge on any atom is -0.308 e. The predicted molar refractivity (Wildman–Crippen MR) is 100 cm³/mol. The quantitative estimate of drug-likeness (QED) is 0.735. The lowest BCUT2D eigenvalue weighted by molar-refractivity contribution is 0.262. The van der Waals surface area contributed by atoms with Gasteiger partial charge in [-0.15, -0.1) is 0 Å². The zero-order chi connectivity index (χ0) is 17.9. The number of aromatic nitrogens is 2. The normalized spacial score (nSPS) is 11.2. The van der Waals surface area contributed by atoms with E-state index in [2.05, 4.69) is 42.6 Å². The van der Waals surface area contributed by atoms with Crippen LogP contribution in [0.15, 0.2) is 60.7 Å². The molecule has 0 fully saturated rings. The Morgan fingerprint density at radius 2 is 1.76 bits per heavy atom. The summed E-state index contributed by atoms with van der Waals surface area (Å²) in [5, 5.41) is 10.4. The molecule has 25 heavy (non-hydrogen) atoms. The molecule has 5 nitrogen and oxygen atoms in total. The molecule has 0 spiro atoms. The molecule has 1 radical (unpaired) electrons. The van der Waals surface area contributed by atoms with Crippen LogP contribution < -0.4 is 10.6 Å². The van der Waals surface area contributed by atoms with Crippen molar-refractivity contribution in [2.75, 3.05) is 10.6 Å². The zero-order valence-electron chi connectivity index (χ0n) is 14.6. The van der Waals surface area contributed by atoms with Gasteiger partial charge in [0, 0.05) is 23.2 Å². The first-order valence-electron chi connectivity index (χ1n) is 8.14. The topological polar surface area (TPSA) is 59.0 Å². The smallest absolute Gasteiger partial charge is 0.308 e. The van der Waals surface area contributed by atoms with Crippen LogP contribution in [0.25, 0.3) is 5.69 Å². The Hall–Kier alpha value is -3.08. The van der Waals surface area contributed by atoms with Crippen molar-refractivity contribution in [1.82, 2.24) is 9.78 Å². The number of benzene rings is 2. The molecule has 0 saturated heterocycles. The second kappa shape index (κ2) is 6.81. The fraction of sp³-hybridized carbons (Fsp3) is 0.200. The Morgan fingerprint density at radius 1 is 1.04 bits per heavy atom. The molecule has 1 aromatic heterocycles. The van der Waals surface area contributed by atoms with E-state index < -0.39 is 0 Å². The first-order chi connectivity index (χ1) is 11.9. The van der Waals surface area contributed by atoms with Gasteiger partial charge in [-0.25, -0.2) is 9.48 Å². The predicted octanol–water partition coefficient (Wildman–Crippen LogP) is 4.61. The first-order valence-corrected chi connectivity index (χ1v) is 8.14. The van der Waals surface area contributed by atoms with Crippen molar-refractivity contribution in [2.45, 2.75) is 26.2 Å². The molecular weight excluding hydrogens is 312 g/mol. The van der Waals surface area contributed by atoms with Gasteiger partial charge in [0.25, 0.3) is 0 Å². The fourth-order valence-corrected chi connectivity index (χ4v) is 2.34. The van der Waals surface area contributed by atoms with Crippen LogP contribution in [0.1, 0.15) is 26.5 Å². The number of nitrogens with zero attached hydrogens (tertiary/aromatic N) is 2. The van der Waals surface area contributed by atoms with Crippen molar-refractivity contribution in [3.63, 3.8) is 0 Å². The molecule has 0 bridgehead atoms. The summed E-state index contributed by atoms with van der Waals surface area (Å²) in [7, 11) is 0. The van der Waals surface area contributed by atoms with Crippen LogP contribution in [-0.2, 0) is 5.41 Å². The molecule has 0 atom stereocenters. The van der Waals surface area contributed by atoms with Gasteiger partial charge in [0.15, 0.2) is 0 Å². The number of hydrogen-bond donors (Lipinski definition) is 2. The lowest BCUT2D eigenvalue weighted by atomic mass is 9.92. The highest BCUT2D eigenvalue weighted by Crippen LogP contribution is 2.26. The van der Waals surface area contributed by atoms with Crippen molar-refractivity contribution in [1.29, 1.82) is 0 Å². The maximum atomic E-state index is 12.4. The lowest BCUT2D eigenvalue weighted by Gasteiger charge is -2.14. The number of hydrogen-bond acceptors (Lipinski definition) is 2. The van der Waals surface area contributed by atoms with Crippen LogP contribution in [0.2, 0.25) is 0 Å². The second-order valence-electron chi connectivity index (χ2n) is 6.77. The van der Waals surface area contributed by atoms with E-state index in [4.69, 9.17) is 0 Å². The van der Waals surface area contributed by atoms with Crippen molar-refractivity contribution < 1.29 is 4.79 Å². The van der Waals surface area contributed by atoms with E-state index in [-0.39, 0.29) is 11.4 Å². The number of urea groups is 1. The number of amides is 2. The number of rotatable bonds is 3. The summed E-state index contributed by atoms with van der Waals surface area (Å²) in [5.74, 6) is 0.598. The van der Waals surface area contributed by atoms with E-state index in [1.54, 1.807) is 4.68 Å². The van der Waals surface area contributed by atoms with Crippen LogP contribution in [0, 0.1) is 6.07 Å². The lowest BCUT2D eigenvalue weighted by Crippen LogP contribution is -2.21. The van der Waals surface area contributed by atoms with E-state index in [1.165, 1.54) is 0 Å². The van der Waals surface area contributed by atoms with E-state index in [0.717, 1.165) is 17.1 Å². The Kier molecular flexibility index (Phi) is 4.57. The molecule has 1 heterocycles. The van der Waals surface area contributed by atoms with Gasteiger partial charge < -0.3 is 5.32 Å². The molecule has 2 amide bonds. The number of carbonyl (C=O) groups excluding carboxylic acids is 1. The maximum Gasteiger partial charge on any atom is 0.324 e. The van der Waals surface area contributed by atoms with Crippen LogP contribution >= 0.6 is 0 Å². The average Bonchev–Trinajstić information content (AvgIpc) is 3.00. The van der Waals surface area contributed by atoms with E-state index in [9.17, 15) is 4.79 Å². The van der Waals surface area contributed by atoms with Gasteiger partial charge in [0.2, 0.25) is 0 Å². The second-order valence-corrected chi connectivity index (χ2v) is 6.77. The van der Waals surface area contributed by atoms with Crippen molar-refractivity contribution in [3.05, 3.63) is 72.4 Å². The maximum absolute atomic E-state index is 12.4. The average molecular weight is 333 g/mol. The molecule has 3 rings (SSSR count). The van der Waals surface area contributed by atoms with E-state index >= 15 is 0 Å². The Morgan fingerprint density at radius 3 is 2.40 bits per heavy atom. The minimum absolute atomic E-state index is 0.133. The molecule has 0 unspecified atom stereocenters. The fourth-order valence-electron chi connectivity index (χ4n) is 2.34. The molecular formula is C20H21N4O. The van der Waals surface area contributed by atoms with Crippen molar-refractivity contribution in [2.24, 2.45) is 0 Å². The van der Waals surface area contributed by atoms with Crippen molar-refractivity contribution in [3.8, 4) is 5.69 Å². The Labute approximate surface area is 147 Å². The van der Waals surface area contributed by atoms with Gasteiger partial charge in [-0.2, -0.15) is 5.10 Å². The third-order valence-electron chi connectivity index (χ3n) is 3.67. The Balaban J connectivity index is 1.89. The van der Waals surface area contributed by atoms with E-state index in [1.807, 2.05) is 60.7 Å². The minimum atomic E-state index is -0.316. The number of nitrogens with one attached hydrogen (secondary N) is 2. The van der Waals surface area contributed by atoms with Crippen molar-refractivity contribution >= 4 is 17.5 Å². The molecule has 0 aliphatic heterocycles. The van der Waals surface area contributed by atoms with Gasteiger partial charge in [-0.1, -0.05) is 57.2 Å². The number of anilines is 2. The van der Waals surface area contributed by atoms with E-state index in [0.29, 0.717) is 5.82 Å². The highest BCUT2D eigenvalue weighted by atomic mass is 16.2. The van der Waals surface area contributed by atoms with Gasteiger partial charge in [0.05, 0.1) is 11.4 Å². The van der Waals surface area contributed by atoms with Gasteiger partial charge in [-0.05, 0) is 18.2 Å². The first kappa shape index (κ1) is 16.8. The molecule has 5 heteroatoms. The summed E-state index contributed by atoms with van der Waals surface area (Å²) in [6.07, 6.45) is 0. The molecule has 3 aromatic rings. The van der Waals surface area contributed by atoms with Crippen LogP contribution in [0.4, 0.5) is 16.3 Å². The summed E-state index contributed by atoms with van der Waals surface area (Å²) in [5.41, 5.74) is 2.26. The third kappa shape index (κ3) is 4.07. The van der Waals surface area contributed by atoms with Gasteiger partial charge in [-0.3, -0.25) is 5.32 Å². The highest BCUT2D eigenvalue weighted by molar-refractivity contribution is 5.99. The number of para-hydroxylation sites is 2. The molecule has 2 N–H and O–H groups in total. The summed E-state index contributed by atoms with van der Waals surface area (Å²) in [4.78, 5) is 12.4. The summed E-state index contributed by atoms with van der Waals surface area (Å²) in [6, 6.07) is 21.6. The van der Waals surface area contributed by atoms with Gasteiger partial charge in [0.1, 0.15) is 5.82 Å². The third-order valence-corrected chi connectivity index (χ3v) is 3.67. The molecule has 0 aliphatic rings. The van der Waals surface area contributed by atoms with Crippen LogP contribution in [0.3, 0.4) is 0 Å². The van der Waals surface area contributed by atoms with Gasteiger partial charge >= 0.3 is 6.03 Å². The number of carbonyl (C=O) groups is 1. The molecule has 2 aromatic carbocycles. The van der Waals surface area contributed by atoms with Crippen LogP contribution in [0.5, 0.6) is 0 Å². The SMILES string of the molecule is CC(C)(C)c1cc(NC(=O)Nc2ccccc2)n(-c2[c]cccc2)n1. The molecule has 127 valence electrons. The summed E-state index contributed by atoms with van der Waals surface area (Å²) >= 11 is 0. The zero-order valence-corrected chi connectivity index (χ0v) is 14.6. The summed E-state index contributed by atoms with van der Waals surface area (Å²) in [6.45, 7) is 6.26. The molecule has 0 saturated carbocycles. The van der Waals surface area contributed by atoms with Crippen LogP contribution in [-0.4, -0.2) is 15.8 Å². The highest BCUT2D eigenvalue weighted by Gasteiger charge is 2.21. The standard InChI is InChI=1S/C20H21N4O/c1-20(2,3)17-14-18(24(23-17)16-12-8-5-9-13-16)22-19(25)21-15-10-6-4-7-11-15/h4-12,14H,1-3H3,(H2,21,22,25).